The molecule has 1 heterocycles. The predicted molar refractivity (Wildman–Crippen MR) is 74.8 cm³/mol. The van der Waals surface area contributed by atoms with E-state index in [2.05, 4.69) is 5.32 Å². The molecule has 1 aliphatic heterocycles. The highest BCUT2D eigenvalue weighted by atomic mass is 35.5. The quantitative estimate of drug-likeness (QED) is 0.883. The maximum atomic E-state index is 10.1. The van der Waals surface area contributed by atoms with Crippen molar-refractivity contribution in [2.24, 2.45) is 0 Å². The van der Waals surface area contributed by atoms with Crippen LogP contribution in [-0.2, 0) is 0 Å². The second-order valence-corrected chi connectivity index (χ2v) is 5.96. The standard InChI is InChI=1S/C13H18ClNOS/c14-12-4-2-1-3-11(12)13(16)9-15-10-5-7-17-8-6-10/h1-4,10,13,15-16H,5-9H2. The lowest BCUT2D eigenvalue weighted by atomic mass is 10.1. The Balaban J connectivity index is 1.84. The van der Waals surface area contributed by atoms with Gasteiger partial charge in [0.05, 0.1) is 6.10 Å². The number of aliphatic hydroxyl groups excluding tert-OH is 1. The summed E-state index contributed by atoms with van der Waals surface area (Å²) >= 11 is 8.06. The molecule has 1 aromatic rings. The number of benzene rings is 1. The molecule has 0 radical (unpaired) electrons. The topological polar surface area (TPSA) is 32.3 Å². The summed E-state index contributed by atoms with van der Waals surface area (Å²) in [6.07, 6.45) is 1.87. The molecule has 2 N–H and O–H groups in total. The van der Waals surface area contributed by atoms with Gasteiger partial charge in [0, 0.05) is 23.2 Å². The van der Waals surface area contributed by atoms with Gasteiger partial charge in [-0.1, -0.05) is 29.8 Å². The molecule has 1 aromatic carbocycles. The van der Waals surface area contributed by atoms with Crippen LogP contribution in [0.3, 0.4) is 0 Å². The van der Waals surface area contributed by atoms with Crippen LogP contribution in [0.4, 0.5) is 0 Å². The fourth-order valence-electron chi connectivity index (χ4n) is 2.04. The van der Waals surface area contributed by atoms with Crippen LogP contribution in [0.2, 0.25) is 5.02 Å². The van der Waals surface area contributed by atoms with Gasteiger partial charge in [-0.05, 0) is 30.4 Å². The Labute approximate surface area is 112 Å². The van der Waals surface area contributed by atoms with Gasteiger partial charge in [-0.25, -0.2) is 0 Å². The fourth-order valence-corrected chi connectivity index (χ4v) is 3.40. The first-order valence-corrected chi connectivity index (χ1v) is 7.54. The zero-order valence-corrected chi connectivity index (χ0v) is 11.3. The first-order chi connectivity index (χ1) is 8.27. The summed E-state index contributed by atoms with van der Waals surface area (Å²) < 4.78 is 0. The summed E-state index contributed by atoms with van der Waals surface area (Å²) in [5.41, 5.74) is 0.812. The number of rotatable bonds is 4. The van der Waals surface area contributed by atoms with E-state index in [0.717, 1.165) is 5.56 Å². The minimum absolute atomic E-state index is 0.515. The van der Waals surface area contributed by atoms with Crippen molar-refractivity contribution in [1.82, 2.24) is 5.32 Å². The van der Waals surface area contributed by atoms with E-state index in [-0.39, 0.29) is 0 Å². The lowest BCUT2D eigenvalue weighted by Gasteiger charge is -2.24. The smallest absolute Gasteiger partial charge is 0.0928 e. The third kappa shape index (κ3) is 3.88. The molecule has 0 amide bonds. The highest BCUT2D eigenvalue weighted by Crippen LogP contribution is 2.23. The molecule has 1 unspecified atom stereocenters. The molecule has 1 saturated heterocycles. The Hall–Kier alpha value is -0.220. The molecule has 0 saturated carbocycles. The zero-order chi connectivity index (χ0) is 12.1. The second kappa shape index (κ2) is 6.64. The third-order valence-corrected chi connectivity index (χ3v) is 4.48. The van der Waals surface area contributed by atoms with Crippen molar-refractivity contribution in [3.8, 4) is 0 Å². The van der Waals surface area contributed by atoms with Gasteiger partial charge in [0.25, 0.3) is 0 Å². The summed E-state index contributed by atoms with van der Waals surface area (Å²) in [4.78, 5) is 0. The second-order valence-electron chi connectivity index (χ2n) is 4.33. The van der Waals surface area contributed by atoms with Crippen LogP contribution in [-0.4, -0.2) is 29.2 Å². The van der Waals surface area contributed by atoms with E-state index in [1.54, 1.807) is 0 Å². The van der Waals surface area contributed by atoms with Gasteiger partial charge < -0.3 is 10.4 Å². The molecule has 1 atom stereocenters. The van der Waals surface area contributed by atoms with Gasteiger partial charge >= 0.3 is 0 Å². The first-order valence-electron chi connectivity index (χ1n) is 6.01. The van der Waals surface area contributed by atoms with E-state index >= 15 is 0 Å². The van der Waals surface area contributed by atoms with E-state index in [1.165, 1.54) is 24.3 Å². The molecule has 94 valence electrons. The minimum atomic E-state index is -0.515. The van der Waals surface area contributed by atoms with Crippen molar-refractivity contribution < 1.29 is 5.11 Å². The summed E-state index contributed by atoms with van der Waals surface area (Å²) in [5.74, 6) is 2.44. The van der Waals surface area contributed by atoms with E-state index < -0.39 is 6.10 Å². The van der Waals surface area contributed by atoms with E-state index in [0.29, 0.717) is 17.6 Å². The van der Waals surface area contributed by atoms with Crippen LogP contribution in [0, 0.1) is 0 Å². The van der Waals surface area contributed by atoms with Crippen LogP contribution in [0.5, 0.6) is 0 Å². The Kier molecular flexibility index (Phi) is 5.16. The van der Waals surface area contributed by atoms with Crippen molar-refractivity contribution in [2.45, 2.75) is 25.0 Å². The Morgan fingerprint density at radius 1 is 1.35 bits per heavy atom. The van der Waals surface area contributed by atoms with Gasteiger partial charge in [0.2, 0.25) is 0 Å². The molecule has 0 aliphatic carbocycles. The van der Waals surface area contributed by atoms with Crippen molar-refractivity contribution in [3.63, 3.8) is 0 Å². The monoisotopic (exact) mass is 271 g/mol. The first kappa shape index (κ1) is 13.2. The van der Waals surface area contributed by atoms with Gasteiger partial charge in [-0.15, -0.1) is 0 Å². The number of hydrogen-bond acceptors (Lipinski definition) is 3. The van der Waals surface area contributed by atoms with Gasteiger partial charge in [0.15, 0.2) is 0 Å². The average molecular weight is 272 g/mol. The number of thioether (sulfide) groups is 1. The molecular formula is C13H18ClNOS. The van der Waals surface area contributed by atoms with Crippen LogP contribution in [0.15, 0.2) is 24.3 Å². The van der Waals surface area contributed by atoms with E-state index in [1.807, 2.05) is 36.0 Å². The summed E-state index contributed by atoms with van der Waals surface area (Å²) in [6, 6.07) is 8.03. The van der Waals surface area contributed by atoms with Gasteiger partial charge in [0.1, 0.15) is 0 Å². The molecule has 0 aromatic heterocycles. The minimum Gasteiger partial charge on any atom is -0.387 e. The maximum Gasteiger partial charge on any atom is 0.0928 e. The number of nitrogens with one attached hydrogen (secondary N) is 1. The number of halogens is 1. The van der Waals surface area contributed by atoms with Crippen LogP contribution in [0.25, 0.3) is 0 Å². The van der Waals surface area contributed by atoms with Crippen molar-refractivity contribution in [2.75, 3.05) is 18.1 Å². The summed E-state index contributed by atoms with van der Waals surface area (Å²) in [6.45, 7) is 0.582. The van der Waals surface area contributed by atoms with Crippen LogP contribution in [0.1, 0.15) is 24.5 Å². The highest BCUT2D eigenvalue weighted by Gasteiger charge is 2.16. The largest absolute Gasteiger partial charge is 0.387 e. The molecule has 4 heteroatoms. The average Bonchev–Trinajstić information content (AvgIpc) is 2.38. The van der Waals surface area contributed by atoms with Crippen LogP contribution >= 0.6 is 23.4 Å². The Bertz CT molecular complexity index is 355. The Morgan fingerprint density at radius 2 is 2.06 bits per heavy atom. The molecule has 0 spiro atoms. The summed E-state index contributed by atoms with van der Waals surface area (Å²) in [5, 5.41) is 14.1. The van der Waals surface area contributed by atoms with Gasteiger partial charge in [-0.2, -0.15) is 11.8 Å². The SMILES string of the molecule is OC(CNC1CCSCC1)c1ccccc1Cl. The summed E-state index contributed by atoms with van der Waals surface area (Å²) in [7, 11) is 0. The molecule has 1 fully saturated rings. The third-order valence-electron chi connectivity index (χ3n) is 3.09. The van der Waals surface area contributed by atoms with Crippen molar-refractivity contribution >= 4 is 23.4 Å². The molecule has 1 aliphatic rings. The zero-order valence-electron chi connectivity index (χ0n) is 9.73. The normalized spacial score (nSPS) is 19.2. The molecule has 17 heavy (non-hydrogen) atoms. The highest BCUT2D eigenvalue weighted by molar-refractivity contribution is 7.99. The van der Waals surface area contributed by atoms with E-state index in [9.17, 15) is 5.11 Å². The van der Waals surface area contributed by atoms with E-state index in [4.69, 9.17) is 11.6 Å². The fraction of sp³-hybridized carbons (Fsp3) is 0.538. The lowest BCUT2D eigenvalue weighted by molar-refractivity contribution is 0.169. The molecule has 0 bridgehead atoms. The predicted octanol–water partition coefficient (Wildman–Crippen LogP) is 2.86. The molecule has 2 nitrogen and oxygen atoms in total. The van der Waals surface area contributed by atoms with Crippen LogP contribution < -0.4 is 5.32 Å². The Morgan fingerprint density at radius 3 is 2.76 bits per heavy atom. The maximum absolute atomic E-state index is 10.1. The molecular weight excluding hydrogens is 254 g/mol. The van der Waals surface area contributed by atoms with Crippen molar-refractivity contribution in [1.29, 1.82) is 0 Å². The van der Waals surface area contributed by atoms with Gasteiger partial charge in [-0.3, -0.25) is 0 Å². The molecule has 2 rings (SSSR count). The number of hydrogen-bond donors (Lipinski definition) is 2. The van der Waals surface area contributed by atoms with Crippen molar-refractivity contribution in [3.05, 3.63) is 34.9 Å². The lowest BCUT2D eigenvalue weighted by Crippen LogP contribution is -2.35. The number of aliphatic hydroxyl groups is 1.